The van der Waals surface area contributed by atoms with Crippen molar-refractivity contribution in [2.45, 2.75) is 0 Å². The fraction of sp³-hybridized carbons (Fsp3) is 0. The molecule has 13 rings (SSSR count). The highest BCUT2D eigenvalue weighted by Crippen LogP contribution is 2.50. The van der Waals surface area contributed by atoms with Crippen LogP contribution in [0.3, 0.4) is 0 Å². The van der Waals surface area contributed by atoms with Crippen molar-refractivity contribution < 1.29 is 0 Å². The average Bonchev–Trinajstić information content (AvgIpc) is 4.04. The van der Waals surface area contributed by atoms with Gasteiger partial charge < -0.3 is 0 Å². The van der Waals surface area contributed by atoms with Crippen LogP contribution in [0.1, 0.15) is 66.8 Å². The fourth-order valence-corrected chi connectivity index (χ4v) is 11.1. The number of hydrogen-bond acceptors (Lipinski definition) is 0. The molecule has 0 bridgehead atoms. The van der Waals surface area contributed by atoms with Crippen molar-refractivity contribution in [3.8, 4) is 104 Å². The van der Waals surface area contributed by atoms with E-state index in [0.717, 1.165) is 66.8 Å². The van der Waals surface area contributed by atoms with Gasteiger partial charge in [-0.2, -0.15) is 0 Å². The lowest BCUT2D eigenvalue weighted by atomic mass is 9.89. The van der Waals surface area contributed by atoms with Crippen LogP contribution in [0.15, 0.2) is 218 Å². The predicted octanol–water partition coefficient (Wildman–Crippen LogP) is 17.3. The van der Waals surface area contributed by atoms with E-state index in [1.54, 1.807) is 0 Å². The first kappa shape index (κ1) is 42.2. The quantitative estimate of drug-likeness (QED) is 0.146. The molecule has 0 radical (unpaired) electrons. The van der Waals surface area contributed by atoms with Gasteiger partial charge in [0.15, 0.2) is 0 Å². The summed E-state index contributed by atoms with van der Waals surface area (Å²) in [6.45, 7) is 0. The molecule has 0 atom stereocenters. The second kappa shape index (κ2) is 17.3. The first-order valence-corrected chi connectivity index (χ1v) is 24.2. The van der Waals surface area contributed by atoms with Gasteiger partial charge in [0.25, 0.3) is 0 Å². The summed E-state index contributed by atoms with van der Waals surface area (Å²) >= 11 is 0. The van der Waals surface area contributed by atoms with Crippen LogP contribution < -0.4 is 0 Å². The Balaban J connectivity index is 1.00. The van der Waals surface area contributed by atoms with Gasteiger partial charge >= 0.3 is 0 Å². The van der Waals surface area contributed by atoms with Crippen LogP contribution in [0.5, 0.6) is 0 Å². The molecule has 0 aliphatic heterocycles. The maximum Gasteiger partial charge on any atom is 0.0248 e. The molecule has 0 N–H and O–H groups in total. The zero-order valence-electron chi connectivity index (χ0n) is 39.2. The van der Waals surface area contributed by atoms with Crippen LogP contribution in [-0.4, -0.2) is 0 Å². The first-order valence-electron chi connectivity index (χ1n) is 24.2. The Morgan fingerprint density at radius 2 is 0.500 bits per heavy atom. The lowest BCUT2D eigenvalue weighted by Crippen LogP contribution is -1.90. The largest absolute Gasteiger partial charge is 0.115 e. The molecule has 0 amide bonds. The lowest BCUT2D eigenvalue weighted by molar-refractivity contribution is 1.55. The average molecular weight is 907 g/mol. The first-order chi connectivity index (χ1) is 35.5. The van der Waals surface area contributed by atoms with E-state index in [9.17, 15) is 0 Å². The summed E-state index contributed by atoms with van der Waals surface area (Å²) in [5.41, 5.74) is 30.8. The Kier molecular flexibility index (Phi) is 10.1. The molecular weight excluding hydrogens is 865 g/mol. The van der Waals surface area contributed by atoms with Crippen molar-refractivity contribution in [3.63, 3.8) is 0 Å². The zero-order valence-corrected chi connectivity index (χ0v) is 39.2. The van der Waals surface area contributed by atoms with Crippen molar-refractivity contribution in [2.24, 2.45) is 0 Å². The Bertz CT molecular complexity index is 3730. The Labute approximate surface area is 421 Å². The predicted molar refractivity (Wildman–Crippen MR) is 303 cm³/mol. The summed E-state index contributed by atoms with van der Waals surface area (Å²) in [6.07, 6.45) is 24.5. The molecule has 0 unspecified atom stereocenters. The molecule has 10 aromatic rings. The van der Waals surface area contributed by atoms with Gasteiger partial charge in [0.05, 0.1) is 0 Å². The van der Waals surface area contributed by atoms with Gasteiger partial charge in [0.1, 0.15) is 0 Å². The molecule has 3 aliphatic carbocycles. The number of hydrogen-bond donors (Lipinski definition) is 0. The van der Waals surface area contributed by atoms with Crippen LogP contribution >= 0.6 is 0 Å². The monoisotopic (exact) mass is 906 g/mol. The van der Waals surface area contributed by atoms with E-state index in [0.29, 0.717) is 0 Å². The SMILES string of the molecule is C#Cc1cccc(/C=C2\c3ccccc3-c3ccc(-c4cc(-c5ccc6c(c5)/C(=C/c5cccc(C#C)c5)c5ccccc5-6)cc(-c5ccc6c(c5)/C(=C/c5cccc(C#C)c5)c5ccccc5-6)c4)cc32)c1. The molecule has 0 saturated heterocycles. The molecule has 330 valence electrons. The van der Waals surface area contributed by atoms with Crippen molar-refractivity contribution >= 4 is 34.9 Å². The topological polar surface area (TPSA) is 0 Å². The second-order valence-corrected chi connectivity index (χ2v) is 18.7. The van der Waals surface area contributed by atoms with E-state index in [2.05, 4.69) is 218 Å². The number of rotatable bonds is 6. The summed E-state index contributed by atoms with van der Waals surface area (Å²) in [5, 5.41) is 0. The van der Waals surface area contributed by atoms with E-state index in [1.807, 2.05) is 36.4 Å². The molecule has 0 aromatic heterocycles. The number of benzene rings is 10. The molecule has 3 aliphatic rings. The molecule has 0 heteroatoms. The summed E-state index contributed by atoms with van der Waals surface area (Å²) in [4.78, 5) is 0. The van der Waals surface area contributed by atoms with E-state index in [4.69, 9.17) is 19.3 Å². The molecule has 0 saturated carbocycles. The molecule has 0 nitrogen and oxygen atoms in total. The summed E-state index contributed by atoms with van der Waals surface area (Å²) in [7, 11) is 0. The summed E-state index contributed by atoms with van der Waals surface area (Å²) in [5.74, 6) is 8.46. The maximum atomic E-state index is 5.87. The second-order valence-electron chi connectivity index (χ2n) is 18.7. The highest BCUT2D eigenvalue weighted by atomic mass is 14.3. The van der Waals surface area contributed by atoms with Crippen LogP contribution in [0, 0.1) is 37.0 Å². The van der Waals surface area contributed by atoms with Crippen molar-refractivity contribution in [1.82, 2.24) is 0 Å². The third kappa shape index (κ3) is 7.26. The minimum Gasteiger partial charge on any atom is -0.115 e. The van der Waals surface area contributed by atoms with E-state index in [-0.39, 0.29) is 0 Å². The van der Waals surface area contributed by atoms with Crippen molar-refractivity contribution in [1.29, 1.82) is 0 Å². The summed E-state index contributed by atoms with van der Waals surface area (Å²) in [6, 6.07) is 78.8. The van der Waals surface area contributed by atoms with Crippen LogP contribution in [0.25, 0.3) is 102 Å². The minimum atomic E-state index is 0.862. The van der Waals surface area contributed by atoms with E-state index in [1.165, 1.54) is 83.5 Å². The standard InChI is InChI=1S/C72H42/c1-4-46-16-13-19-49(34-46)37-67-61-25-10-7-22-58(61)64-31-28-52(43-70(64)67)55-40-56(53-29-32-65-59-23-8-11-26-62(59)68(71(65)44-53)38-50-20-14-17-47(5-2)35-50)42-57(41-55)54-30-33-66-60-24-9-12-27-63(60)69(72(66)45-54)39-51-21-15-18-48(6-3)36-51/h1-3,7-45H/b67-37+,68-38+,69-39+. The maximum absolute atomic E-state index is 5.87. The smallest absolute Gasteiger partial charge is 0.0248 e. The van der Waals surface area contributed by atoms with Gasteiger partial charge in [-0.15, -0.1) is 19.3 Å². The van der Waals surface area contributed by atoms with Crippen molar-refractivity contribution in [2.75, 3.05) is 0 Å². The molecular formula is C72H42. The van der Waals surface area contributed by atoms with Gasteiger partial charge in [0.2, 0.25) is 0 Å². The van der Waals surface area contributed by atoms with Gasteiger partial charge in [-0.05, 0) is 225 Å². The van der Waals surface area contributed by atoms with Gasteiger partial charge in [-0.3, -0.25) is 0 Å². The molecule has 0 spiro atoms. The molecule has 72 heavy (non-hydrogen) atoms. The highest BCUT2D eigenvalue weighted by molar-refractivity contribution is 6.10. The van der Waals surface area contributed by atoms with Gasteiger partial charge in [0, 0.05) is 16.7 Å². The lowest BCUT2D eigenvalue weighted by Gasteiger charge is -2.15. The summed E-state index contributed by atoms with van der Waals surface area (Å²) < 4.78 is 0. The minimum absolute atomic E-state index is 0.862. The molecule has 0 fully saturated rings. The van der Waals surface area contributed by atoms with Gasteiger partial charge in [-0.25, -0.2) is 0 Å². The van der Waals surface area contributed by atoms with Crippen LogP contribution in [-0.2, 0) is 0 Å². The molecule has 10 aromatic carbocycles. The van der Waals surface area contributed by atoms with Crippen LogP contribution in [0.4, 0.5) is 0 Å². The number of fused-ring (bicyclic) bond motifs is 9. The van der Waals surface area contributed by atoms with E-state index >= 15 is 0 Å². The normalized spacial score (nSPS) is 13.9. The fourth-order valence-electron chi connectivity index (χ4n) is 11.1. The van der Waals surface area contributed by atoms with Gasteiger partial charge in [-0.1, -0.05) is 163 Å². The third-order valence-electron chi connectivity index (χ3n) is 14.5. The molecule has 0 heterocycles. The highest BCUT2D eigenvalue weighted by Gasteiger charge is 2.27. The van der Waals surface area contributed by atoms with Crippen molar-refractivity contribution in [3.05, 3.63) is 285 Å². The zero-order chi connectivity index (χ0) is 48.3. The van der Waals surface area contributed by atoms with Crippen LogP contribution in [0.2, 0.25) is 0 Å². The van der Waals surface area contributed by atoms with E-state index < -0.39 is 0 Å². The Morgan fingerprint density at radius 3 is 0.792 bits per heavy atom. The Morgan fingerprint density at radius 1 is 0.222 bits per heavy atom. The Hall–Kier alpha value is -9.90. The number of terminal acetylenes is 3. The third-order valence-corrected chi connectivity index (χ3v) is 14.5.